The van der Waals surface area contributed by atoms with Crippen molar-refractivity contribution in [2.75, 3.05) is 19.6 Å². The summed E-state index contributed by atoms with van der Waals surface area (Å²) in [6.45, 7) is 7.80. The zero-order valence-electron chi connectivity index (χ0n) is 11.5. The van der Waals surface area contributed by atoms with Gasteiger partial charge in [0.15, 0.2) is 0 Å². The normalized spacial score (nSPS) is 24.7. The lowest BCUT2D eigenvalue weighted by atomic mass is 9.67. The van der Waals surface area contributed by atoms with Crippen LogP contribution in [0.3, 0.4) is 0 Å². The van der Waals surface area contributed by atoms with E-state index in [2.05, 4.69) is 47.8 Å². The number of aromatic nitrogens is 2. The van der Waals surface area contributed by atoms with Gasteiger partial charge in [0.05, 0.1) is 22.8 Å². The van der Waals surface area contributed by atoms with Gasteiger partial charge in [-0.3, -0.25) is 0 Å². The van der Waals surface area contributed by atoms with E-state index in [1.54, 1.807) is 0 Å². The summed E-state index contributed by atoms with van der Waals surface area (Å²) in [5, 5.41) is 6.94. The van der Waals surface area contributed by atoms with Gasteiger partial charge in [-0.25, -0.2) is 4.98 Å². The molecule has 2 aromatic rings. The number of nitrogens with zero attached hydrogens (tertiary/aromatic N) is 1. The minimum atomic E-state index is 0.424. The van der Waals surface area contributed by atoms with Crippen LogP contribution >= 0.6 is 0 Å². The van der Waals surface area contributed by atoms with Crippen molar-refractivity contribution < 1.29 is 0 Å². The molecule has 0 saturated carbocycles. The summed E-state index contributed by atoms with van der Waals surface area (Å²) in [4.78, 5) is 8.26. The van der Waals surface area contributed by atoms with Gasteiger partial charge in [-0.05, 0) is 23.6 Å². The molecule has 2 aliphatic heterocycles. The molecule has 1 spiro atoms. The number of aromatic amines is 1. The Morgan fingerprint density at radius 1 is 1.26 bits per heavy atom. The van der Waals surface area contributed by atoms with E-state index in [0.717, 1.165) is 30.7 Å². The Hall–Kier alpha value is -1.39. The predicted octanol–water partition coefficient (Wildman–Crippen LogP) is 1.92. The van der Waals surface area contributed by atoms with Crippen molar-refractivity contribution in [2.24, 2.45) is 5.41 Å². The van der Waals surface area contributed by atoms with Crippen LogP contribution in [0.2, 0.25) is 0 Å². The van der Waals surface area contributed by atoms with Crippen LogP contribution in [0, 0.1) is 5.41 Å². The maximum atomic E-state index is 4.93. The molecule has 0 aromatic carbocycles. The number of H-pyrrole nitrogens is 1. The smallest absolute Gasteiger partial charge is 0.0917 e. The molecule has 0 bridgehead atoms. The SMILES string of the molecule is CC(C)c1c[nH]c2ccc(C3NCC34CNC4)nc12. The highest BCUT2D eigenvalue weighted by molar-refractivity contribution is 5.79. The van der Waals surface area contributed by atoms with Crippen LogP contribution in [0.1, 0.15) is 37.1 Å². The van der Waals surface area contributed by atoms with Gasteiger partial charge in [-0.2, -0.15) is 0 Å². The molecule has 0 aliphatic carbocycles. The number of nitrogens with one attached hydrogen (secondary N) is 3. The van der Waals surface area contributed by atoms with Crippen molar-refractivity contribution in [2.45, 2.75) is 25.8 Å². The average molecular weight is 256 g/mol. The van der Waals surface area contributed by atoms with E-state index < -0.39 is 0 Å². The maximum absolute atomic E-state index is 4.93. The Bertz CT molecular complexity index is 619. The molecule has 1 atom stereocenters. The standard InChI is InChI=1S/C15H20N4/c1-9(2)10-5-17-11-3-4-12(19-13(10)11)14-15(8-18-14)6-16-7-15/h3-5,9,14,16-18H,6-8H2,1-2H3. The van der Waals surface area contributed by atoms with Crippen LogP contribution in [0.5, 0.6) is 0 Å². The Labute approximate surface area is 113 Å². The van der Waals surface area contributed by atoms with Gasteiger partial charge in [0.25, 0.3) is 0 Å². The summed E-state index contributed by atoms with van der Waals surface area (Å²) in [6, 6.07) is 4.76. The molecule has 4 rings (SSSR count). The highest BCUT2D eigenvalue weighted by atomic mass is 15.2. The van der Waals surface area contributed by atoms with Gasteiger partial charge in [0, 0.05) is 31.2 Å². The number of hydrogen-bond donors (Lipinski definition) is 3. The third-order valence-corrected chi connectivity index (χ3v) is 4.72. The number of hydrogen-bond acceptors (Lipinski definition) is 3. The molecule has 4 heterocycles. The Morgan fingerprint density at radius 2 is 2.11 bits per heavy atom. The van der Waals surface area contributed by atoms with Gasteiger partial charge >= 0.3 is 0 Å². The van der Waals surface area contributed by atoms with Crippen molar-refractivity contribution in [3.63, 3.8) is 0 Å². The first kappa shape index (κ1) is 11.4. The van der Waals surface area contributed by atoms with E-state index in [-0.39, 0.29) is 0 Å². The molecule has 0 amide bonds. The lowest BCUT2D eigenvalue weighted by Crippen LogP contribution is -2.71. The van der Waals surface area contributed by atoms with Gasteiger partial charge in [-0.1, -0.05) is 13.8 Å². The summed E-state index contributed by atoms with van der Waals surface area (Å²) < 4.78 is 0. The average Bonchev–Trinajstić information content (AvgIpc) is 2.68. The molecule has 19 heavy (non-hydrogen) atoms. The summed E-state index contributed by atoms with van der Waals surface area (Å²) in [7, 11) is 0. The second kappa shape index (κ2) is 3.81. The van der Waals surface area contributed by atoms with E-state index >= 15 is 0 Å². The van der Waals surface area contributed by atoms with E-state index in [4.69, 9.17) is 4.98 Å². The lowest BCUT2D eigenvalue weighted by Gasteiger charge is -2.56. The Balaban J connectivity index is 1.77. The van der Waals surface area contributed by atoms with E-state index in [9.17, 15) is 0 Å². The summed E-state index contributed by atoms with van der Waals surface area (Å²) in [6.07, 6.45) is 2.10. The Morgan fingerprint density at radius 3 is 2.68 bits per heavy atom. The maximum Gasteiger partial charge on any atom is 0.0917 e. The van der Waals surface area contributed by atoms with Crippen molar-refractivity contribution >= 4 is 11.0 Å². The molecule has 2 saturated heterocycles. The van der Waals surface area contributed by atoms with E-state index in [0.29, 0.717) is 17.4 Å². The monoisotopic (exact) mass is 256 g/mol. The van der Waals surface area contributed by atoms with Crippen LogP contribution in [0.25, 0.3) is 11.0 Å². The molecule has 2 aromatic heterocycles. The molecule has 4 nitrogen and oxygen atoms in total. The molecular formula is C15H20N4. The van der Waals surface area contributed by atoms with Crippen molar-refractivity contribution in [3.05, 3.63) is 29.6 Å². The first-order chi connectivity index (χ1) is 9.20. The van der Waals surface area contributed by atoms with Crippen LogP contribution in [0.4, 0.5) is 0 Å². The predicted molar refractivity (Wildman–Crippen MR) is 76.2 cm³/mol. The van der Waals surface area contributed by atoms with E-state index in [1.807, 2.05) is 0 Å². The van der Waals surface area contributed by atoms with Crippen LogP contribution in [-0.2, 0) is 0 Å². The minimum Gasteiger partial charge on any atom is -0.360 e. The van der Waals surface area contributed by atoms with Crippen molar-refractivity contribution in [1.82, 2.24) is 20.6 Å². The van der Waals surface area contributed by atoms with Crippen molar-refractivity contribution in [3.8, 4) is 0 Å². The minimum absolute atomic E-state index is 0.424. The fourth-order valence-electron chi connectivity index (χ4n) is 3.32. The topological polar surface area (TPSA) is 52.7 Å². The van der Waals surface area contributed by atoms with Gasteiger partial charge in [-0.15, -0.1) is 0 Å². The highest BCUT2D eigenvalue weighted by Gasteiger charge is 2.52. The van der Waals surface area contributed by atoms with Gasteiger partial charge in [0.2, 0.25) is 0 Å². The van der Waals surface area contributed by atoms with Crippen LogP contribution in [0.15, 0.2) is 18.3 Å². The molecule has 100 valence electrons. The molecule has 0 radical (unpaired) electrons. The molecule has 1 unspecified atom stereocenters. The lowest BCUT2D eigenvalue weighted by molar-refractivity contribution is 0.0186. The summed E-state index contributed by atoms with van der Waals surface area (Å²) in [5.74, 6) is 0.505. The second-order valence-electron chi connectivity index (χ2n) is 6.31. The summed E-state index contributed by atoms with van der Waals surface area (Å²) >= 11 is 0. The molecule has 3 N–H and O–H groups in total. The van der Waals surface area contributed by atoms with Crippen LogP contribution < -0.4 is 10.6 Å². The number of pyridine rings is 1. The number of rotatable bonds is 2. The number of fused-ring (bicyclic) bond motifs is 1. The van der Waals surface area contributed by atoms with Gasteiger partial charge < -0.3 is 15.6 Å². The first-order valence-corrected chi connectivity index (χ1v) is 7.12. The van der Waals surface area contributed by atoms with Crippen LogP contribution in [-0.4, -0.2) is 29.6 Å². The zero-order valence-corrected chi connectivity index (χ0v) is 11.5. The summed E-state index contributed by atoms with van der Waals surface area (Å²) in [5.41, 5.74) is 5.23. The molecule has 4 heteroatoms. The molecular weight excluding hydrogens is 236 g/mol. The third-order valence-electron chi connectivity index (χ3n) is 4.72. The highest BCUT2D eigenvalue weighted by Crippen LogP contribution is 2.43. The fraction of sp³-hybridized carbons (Fsp3) is 0.533. The first-order valence-electron chi connectivity index (χ1n) is 7.12. The third kappa shape index (κ3) is 1.50. The quantitative estimate of drug-likeness (QED) is 0.769. The van der Waals surface area contributed by atoms with E-state index in [1.165, 1.54) is 11.3 Å². The zero-order chi connectivity index (χ0) is 13.0. The molecule has 2 fully saturated rings. The fourth-order valence-corrected chi connectivity index (χ4v) is 3.32. The Kier molecular flexibility index (Phi) is 2.29. The second-order valence-corrected chi connectivity index (χ2v) is 6.31. The van der Waals surface area contributed by atoms with Gasteiger partial charge in [0.1, 0.15) is 0 Å². The van der Waals surface area contributed by atoms with Crippen molar-refractivity contribution in [1.29, 1.82) is 0 Å². The largest absolute Gasteiger partial charge is 0.360 e. The molecule has 2 aliphatic rings.